The van der Waals surface area contributed by atoms with Crippen LogP contribution in [0.3, 0.4) is 0 Å². The summed E-state index contributed by atoms with van der Waals surface area (Å²) in [7, 11) is 0. The van der Waals surface area contributed by atoms with E-state index in [9.17, 15) is 0 Å². The van der Waals surface area contributed by atoms with Crippen LogP contribution in [-0.2, 0) is 0 Å². The number of hydrogen-bond acceptors (Lipinski definition) is 0. The van der Waals surface area contributed by atoms with Crippen molar-refractivity contribution in [1.29, 1.82) is 0 Å². The van der Waals surface area contributed by atoms with Crippen molar-refractivity contribution in [3.63, 3.8) is 0 Å². The molecule has 0 aliphatic heterocycles. The van der Waals surface area contributed by atoms with Crippen LogP contribution in [0.4, 0.5) is 0 Å². The molecule has 0 aromatic rings. The highest BCUT2D eigenvalue weighted by atomic mass is 14.1. The lowest BCUT2D eigenvalue weighted by atomic mass is 10.1. The minimum Gasteiger partial charge on any atom is -0.0311 e. The maximum atomic E-state index is 3.09. The molecule has 0 spiro atoms. The molecule has 0 saturated carbocycles. The van der Waals surface area contributed by atoms with Gasteiger partial charge in [0.25, 0.3) is 0 Å². The molecule has 0 N–H and O–H groups in total. The number of allylic oxidation sites excluding steroid dienone is 6. The number of rotatable bonds is 0. The van der Waals surface area contributed by atoms with E-state index in [1.165, 1.54) is 30.4 Å². The molecule has 0 unspecified atom stereocenters. The third-order valence-corrected chi connectivity index (χ3v) is 1.94. The summed E-state index contributed by atoms with van der Waals surface area (Å²) in [5.41, 5.74) is 3.05. The third-order valence-electron chi connectivity index (χ3n) is 1.94. The van der Waals surface area contributed by atoms with Crippen molar-refractivity contribution in [2.45, 2.75) is 19.3 Å². The Kier molecular flexibility index (Phi) is 1.00. The molecule has 0 aromatic heterocycles. The Morgan fingerprint density at radius 3 is 3.00 bits per heavy atom. The largest absolute Gasteiger partial charge is 0.106 e. The Hall–Kier alpha value is -0.870. The maximum Gasteiger partial charge on any atom is 0.106 e. The Balaban J connectivity index is 2.41. The van der Waals surface area contributed by atoms with Crippen LogP contribution in [0.5, 0.6) is 0 Å². The quantitative estimate of drug-likeness (QED) is 0.427. The minimum atomic E-state index is 1.27. The fourth-order valence-electron chi connectivity index (χ4n) is 1.44. The summed E-state index contributed by atoms with van der Waals surface area (Å²) in [6.45, 7) is 0. The molecule has 9 heavy (non-hydrogen) atoms. The first-order chi connectivity index (χ1) is 4.47. The molecule has 0 heteroatoms. The zero-order valence-electron chi connectivity index (χ0n) is 5.35. The molecule has 2 aliphatic carbocycles. The van der Waals surface area contributed by atoms with Crippen LogP contribution in [0.2, 0.25) is 0 Å². The van der Waals surface area contributed by atoms with Gasteiger partial charge in [-0.2, -0.15) is 0 Å². The van der Waals surface area contributed by atoms with Gasteiger partial charge in [-0.05, 0) is 12.8 Å². The summed E-state index contributed by atoms with van der Waals surface area (Å²) >= 11 is 0. The normalized spacial score (nSPS) is 22.2. The van der Waals surface area contributed by atoms with Gasteiger partial charge in [-0.25, -0.2) is 0 Å². The van der Waals surface area contributed by atoms with E-state index in [1.807, 2.05) is 6.08 Å². The number of hydrogen-bond donors (Lipinski definition) is 0. The van der Waals surface area contributed by atoms with Gasteiger partial charge in [-0.3, -0.25) is 0 Å². The Bertz CT molecular complexity index is 182. The van der Waals surface area contributed by atoms with Gasteiger partial charge in [0, 0.05) is 12.5 Å². The van der Waals surface area contributed by atoms with Crippen LogP contribution < -0.4 is 0 Å². The van der Waals surface area contributed by atoms with Crippen LogP contribution >= 0.6 is 0 Å². The average molecular weight is 117 g/mol. The summed E-state index contributed by atoms with van der Waals surface area (Å²) < 4.78 is 0. The highest BCUT2D eigenvalue weighted by molar-refractivity contribution is 5.40. The molecule has 0 nitrogen and oxygen atoms in total. The van der Waals surface area contributed by atoms with Gasteiger partial charge in [0.2, 0.25) is 0 Å². The van der Waals surface area contributed by atoms with Crippen molar-refractivity contribution in [2.24, 2.45) is 0 Å². The van der Waals surface area contributed by atoms with E-state index in [-0.39, 0.29) is 0 Å². The van der Waals surface area contributed by atoms with Gasteiger partial charge in [0.1, 0.15) is 12.2 Å². The molecule has 0 radical (unpaired) electrons. The zero-order valence-corrected chi connectivity index (χ0v) is 5.35. The average Bonchev–Trinajstić information content (AvgIpc) is 2.33. The van der Waals surface area contributed by atoms with Crippen molar-refractivity contribution in [1.82, 2.24) is 0 Å². The molecule has 0 bridgehead atoms. The van der Waals surface area contributed by atoms with Gasteiger partial charge in [-0.1, -0.05) is 0 Å². The molecule has 0 fully saturated rings. The molecular weight excluding hydrogens is 108 g/mol. The predicted molar refractivity (Wildman–Crippen MR) is 37.8 cm³/mol. The summed E-state index contributed by atoms with van der Waals surface area (Å²) in [5.74, 6) is 0. The molecule has 2 rings (SSSR count). The second-order valence-corrected chi connectivity index (χ2v) is 2.55. The van der Waals surface area contributed by atoms with Crippen LogP contribution in [0.15, 0.2) is 29.4 Å². The summed E-state index contributed by atoms with van der Waals surface area (Å²) in [6, 6.07) is 0. The fourth-order valence-corrected chi connectivity index (χ4v) is 1.44. The maximum absolute atomic E-state index is 3.09. The van der Waals surface area contributed by atoms with Crippen molar-refractivity contribution < 1.29 is 0 Å². The summed E-state index contributed by atoms with van der Waals surface area (Å²) in [6.07, 6.45) is 13.3. The Morgan fingerprint density at radius 2 is 2.11 bits per heavy atom. The monoisotopic (exact) mass is 117 g/mol. The van der Waals surface area contributed by atoms with E-state index in [2.05, 4.69) is 18.2 Å². The summed E-state index contributed by atoms with van der Waals surface area (Å²) in [5, 5.41) is 0. The minimum absolute atomic E-state index is 1.27. The lowest BCUT2D eigenvalue weighted by molar-refractivity contribution is 0.907. The molecule has 0 saturated heterocycles. The van der Waals surface area contributed by atoms with E-state index in [4.69, 9.17) is 0 Å². The van der Waals surface area contributed by atoms with E-state index >= 15 is 0 Å². The van der Waals surface area contributed by atoms with Crippen LogP contribution in [-0.4, -0.2) is 0 Å². The van der Waals surface area contributed by atoms with Gasteiger partial charge >= 0.3 is 0 Å². The first-order valence-electron chi connectivity index (χ1n) is 3.45. The smallest absolute Gasteiger partial charge is 0.0311 e. The lowest BCUT2D eigenvalue weighted by Gasteiger charge is -1.87. The molecule has 2 aliphatic rings. The van der Waals surface area contributed by atoms with Crippen molar-refractivity contribution in [2.75, 3.05) is 0 Å². The predicted octanol–water partition coefficient (Wildman–Crippen LogP) is 2.40. The molecule has 0 amide bonds. The van der Waals surface area contributed by atoms with E-state index in [0.717, 1.165) is 0 Å². The summed E-state index contributed by atoms with van der Waals surface area (Å²) in [4.78, 5) is 0. The second kappa shape index (κ2) is 1.82. The van der Waals surface area contributed by atoms with Crippen LogP contribution in [0, 0.1) is 6.08 Å². The Labute approximate surface area is 55.6 Å². The van der Waals surface area contributed by atoms with E-state index < -0.39 is 0 Å². The SMILES string of the molecule is [C+]1=CC2=C(C=C1)CCC2. The fraction of sp³-hybridized carbons (Fsp3) is 0.333. The van der Waals surface area contributed by atoms with Gasteiger partial charge in [0.05, 0.1) is 17.2 Å². The molecule has 0 aromatic carbocycles. The van der Waals surface area contributed by atoms with Crippen molar-refractivity contribution in [3.8, 4) is 0 Å². The van der Waals surface area contributed by atoms with Crippen LogP contribution in [0.25, 0.3) is 0 Å². The first-order valence-corrected chi connectivity index (χ1v) is 3.45. The Morgan fingerprint density at radius 1 is 1.22 bits per heavy atom. The highest BCUT2D eigenvalue weighted by Gasteiger charge is 2.18. The van der Waals surface area contributed by atoms with Gasteiger partial charge in [0.15, 0.2) is 0 Å². The topological polar surface area (TPSA) is 0 Å². The molecular formula is C9H9+. The standard InChI is InChI=1S/C9H9/c1-2-5-9-7-3-6-8(9)4-1/h1,4-5H,3,6-7H2/q+1. The highest BCUT2D eigenvalue weighted by Crippen LogP contribution is 2.29. The molecule has 0 atom stereocenters. The first kappa shape index (κ1) is 4.96. The molecule has 44 valence electrons. The van der Waals surface area contributed by atoms with E-state index in [1.54, 1.807) is 0 Å². The second-order valence-electron chi connectivity index (χ2n) is 2.55. The molecule has 0 heterocycles. The third kappa shape index (κ3) is 0.721. The lowest BCUT2D eigenvalue weighted by Crippen LogP contribution is -1.79. The van der Waals surface area contributed by atoms with Gasteiger partial charge in [-0.15, -0.1) is 0 Å². The van der Waals surface area contributed by atoms with Gasteiger partial charge < -0.3 is 0 Å². The van der Waals surface area contributed by atoms with E-state index in [0.29, 0.717) is 0 Å². The zero-order chi connectivity index (χ0) is 6.10. The van der Waals surface area contributed by atoms with Crippen molar-refractivity contribution >= 4 is 0 Å². The van der Waals surface area contributed by atoms with Crippen LogP contribution in [0.1, 0.15) is 19.3 Å². The van der Waals surface area contributed by atoms with Crippen molar-refractivity contribution in [3.05, 3.63) is 35.5 Å².